The molecule has 1 aromatic rings. The maximum atomic E-state index is 12.7. The Hall–Kier alpha value is -2.47. The lowest BCUT2D eigenvalue weighted by Gasteiger charge is -2.28. The van der Waals surface area contributed by atoms with Crippen LogP contribution in [0.1, 0.15) is 38.7 Å². The van der Waals surface area contributed by atoms with Gasteiger partial charge in [0.05, 0.1) is 6.04 Å². The van der Waals surface area contributed by atoms with Crippen molar-refractivity contribution in [3.8, 4) is 0 Å². The van der Waals surface area contributed by atoms with E-state index in [2.05, 4.69) is 5.32 Å². The Morgan fingerprint density at radius 2 is 2.07 bits per heavy atom. The molecule has 146 valence electrons. The first-order valence-electron chi connectivity index (χ1n) is 9.18. The number of carboxylic acid groups (broad SMARTS) is 1. The molecule has 7 nitrogen and oxygen atoms in total. The van der Waals surface area contributed by atoms with Gasteiger partial charge < -0.3 is 14.7 Å². The van der Waals surface area contributed by atoms with Gasteiger partial charge in [0.15, 0.2) is 0 Å². The van der Waals surface area contributed by atoms with E-state index in [0.29, 0.717) is 31.6 Å². The van der Waals surface area contributed by atoms with Crippen LogP contribution in [0.25, 0.3) is 5.57 Å². The van der Waals surface area contributed by atoms with Gasteiger partial charge in [-0.25, -0.2) is 9.59 Å². The van der Waals surface area contributed by atoms with Gasteiger partial charge in [0.1, 0.15) is 18.2 Å². The van der Waals surface area contributed by atoms with Gasteiger partial charge in [-0.3, -0.25) is 10.1 Å². The first-order valence-corrected chi connectivity index (χ1v) is 9.18. The molecule has 1 amide bonds. The Morgan fingerprint density at radius 1 is 1.37 bits per heavy atom. The minimum atomic E-state index is -0.982. The third kappa shape index (κ3) is 5.50. The van der Waals surface area contributed by atoms with Crippen LogP contribution in [0.3, 0.4) is 0 Å². The molecule has 7 heteroatoms. The van der Waals surface area contributed by atoms with E-state index in [9.17, 15) is 19.5 Å². The van der Waals surface area contributed by atoms with E-state index < -0.39 is 24.3 Å². The topological polar surface area (TPSA) is 95.9 Å². The highest BCUT2D eigenvalue weighted by atomic mass is 16.5. The van der Waals surface area contributed by atoms with Crippen LogP contribution in [0.4, 0.5) is 0 Å². The molecule has 0 aromatic heterocycles. The van der Waals surface area contributed by atoms with E-state index in [1.807, 2.05) is 43.2 Å². The van der Waals surface area contributed by atoms with Crippen molar-refractivity contribution in [3.05, 3.63) is 35.9 Å². The van der Waals surface area contributed by atoms with Crippen LogP contribution in [-0.4, -0.2) is 59.3 Å². The van der Waals surface area contributed by atoms with Crippen LogP contribution in [0, 0.1) is 0 Å². The van der Waals surface area contributed by atoms with Crippen molar-refractivity contribution in [2.45, 2.75) is 51.4 Å². The van der Waals surface area contributed by atoms with E-state index in [4.69, 9.17) is 4.74 Å². The fourth-order valence-electron chi connectivity index (χ4n) is 3.30. The number of carboxylic acids is 1. The zero-order chi connectivity index (χ0) is 19.8. The molecule has 0 spiro atoms. The lowest BCUT2D eigenvalue weighted by Crippen LogP contribution is -2.51. The summed E-state index contributed by atoms with van der Waals surface area (Å²) in [5, 5.41) is 12.4. The van der Waals surface area contributed by atoms with Crippen molar-refractivity contribution >= 4 is 23.4 Å². The predicted octanol–water partition coefficient (Wildman–Crippen LogP) is 1.71. The van der Waals surface area contributed by atoms with Crippen molar-refractivity contribution in [2.75, 3.05) is 13.2 Å². The highest BCUT2D eigenvalue weighted by molar-refractivity contribution is 5.88. The second-order valence-electron chi connectivity index (χ2n) is 6.51. The van der Waals surface area contributed by atoms with Gasteiger partial charge in [-0.05, 0) is 32.3 Å². The highest BCUT2D eigenvalue weighted by Gasteiger charge is 2.36. The number of hydrogen-bond donors (Lipinski definition) is 2. The summed E-state index contributed by atoms with van der Waals surface area (Å²) in [4.78, 5) is 36.8. The monoisotopic (exact) mass is 374 g/mol. The molecule has 3 atom stereocenters. The maximum Gasteiger partial charge on any atom is 0.326 e. The molecule has 1 unspecified atom stereocenters. The summed E-state index contributed by atoms with van der Waals surface area (Å²) in [5.41, 5.74) is 1.20. The molecule has 1 heterocycles. The standard InChI is InChI=1S/C20H26N2O5/c1-3-27-18(12-16(13-23)15-8-5-4-6-9-15)21-14(2)19(24)22-11-7-10-17(22)20(25)26/h4-6,8-9,14,17-18,21H,3,7,10-12H2,1-2H3,(H,25,26)/t14-,17-,18?/m0/s1. The Kier molecular flexibility index (Phi) is 7.73. The van der Waals surface area contributed by atoms with Gasteiger partial charge in [0.25, 0.3) is 0 Å². The van der Waals surface area contributed by atoms with Crippen molar-refractivity contribution in [1.82, 2.24) is 10.2 Å². The summed E-state index contributed by atoms with van der Waals surface area (Å²) in [6.45, 7) is 4.35. The zero-order valence-electron chi connectivity index (χ0n) is 15.7. The molecule has 2 rings (SSSR count). The van der Waals surface area contributed by atoms with Crippen LogP contribution < -0.4 is 5.32 Å². The number of carbonyl (C=O) groups is 2. The normalized spacial score (nSPS) is 18.6. The molecule has 0 radical (unpaired) electrons. The molecular weight excluding hydrogens is 348 g/mol. The minimum Gasteiger partial charge on any atom is -0.480 e. The molecule has 0 saturated carbocycles. The van der Waals surface area contributed by atoms with Crippen LogP contribution in [0.15, 0.2) is 30.3 Å². The fraction of sp³-hybridized carbons (Fsp3) is 0.500. The number of likely N-dealkylation sites (tertiary alicyclic amines) is 1. The highest BCUT2D eigenvalue weighted by Crippen LogP contribution is 2.20. The lowest BCUT2D eigenvalue weighted by molar-refractivity contribution is -0.149. The Bertz CT molecular complexity index is 700. The molecule has 27 heavy (non-hydrogen) atoms. The largest absolute Gasteiger partial charge is 0.480 e. The number of amides is 1. The van der Waals surface area contributed by atoms with Crippen LogP contribution in [0.5, 0.6) is 0 Å². The van der Waals surface area contributed by atoms with E-state index in [0.717, 1.165) is 5.56 Å². The van der Waals surface area contributed by atoms with Crippen molar-refractivity contribution in [2.24, 2.45) is 0 Å². The van der Waals surface area contributed by atoms with E-state index >= 15 is 0 Å². The van der Waals surface area contributed by atoms with Crippen LogP contribution >= 0.6 is 0 Å². The zero-order valence-corrected chi connectivity index (χ0v) is 15.7. The molecular formula is C20H26N2O5. The summed E-state index contributed by atoms with van der Waals surface area (Å²) >= 11 is 0. The third-order valence-corrected chi connectivity index (χ3v) is 4.63. The number of benzene rings is 1. The second kappa shape index (κ2) is 10.0. The number of carbonyl (C=O) groups excluding carboxylic acids is 2. The molecule has 2 N–H and O–H groups in total. The summed E-state index contributed by atoms with van der Waals surface area (Å²) in [7, 11) is 0. The smallest absolute Gasteiger partial charge is 0.326 e. The number of rotatable bonds is 9. The first-order chi connectivity index (χ1) is 13.0. The van der Waals surface area contributed by atoms with Gasteiger partial charge in [0.2, 0.25) is 5.91 Å². The quantitative estimate of drug-likeness (QED) is 0.505. The van der Waals surface area contributed by atoms with Crippen molar-refractivity contribution < 1.29 is 24.2 Å². The van der Waals surface area contributed by atoms with Crippen molar-refractivity contribution in [3.63, 3.8) is 0 Å². The van der Waals surface area contributed by atoms with Gasteiger partial charge in [-0.15, -0.1) is 0 Å². The van der Waals surface area contributed by atoms with Crippen LogP contribution in [-0.2, 0) is 19.1 Å². The SMILES string of the molecule is CCOC(CC(=C=O)c1ccccc1)N[C@@H](C)C(=O)N1CCC[C@H]1C(=O)O. The van der Waals surface area contributed by atoms with Gasteiger partial charge in [0, 0.05) is 25.1 Å². The fourth-order valence-corrected chi connectivity index (χ4v) is 3.30. The Labute approximate surface area is 159 Å². The maximum absolute atomic E-state index is 12.7. The Morgan fingerprint density at radius 3 is 2.67 bits per heavy atom. The summed E-state index contributed by atoms with van der Waals surface area (Å²) < 4.78 is 5.66. The molecule has 1 fully saturated rings. The Balaban J connectivity index is 2.05. The third-order valence-electron chi connectivity index (χ3n) is 4.63. The summed E-state index contributed by atoms with van der Waals surface area (Å²) in [5.74, 6) is 0.702. The second-order valence-corrected chi connectivity index (χ2v) is 6.51. The molecule has 0 aliphatic carbocycles. The molecule has 1 saturated heterocycles. The summed E-state index contributed by atoms with van der Waals surface area (Å²) in [6, 6.07) is 7.76. The number of nitrogens with one attached hydrogen (secondary N) is 1. The van der Waals surface area contributed by atoms with E-state index in [1.165, 1.54) is 4.90 Å². The number of nitrogens with zero attached hydrogens (tertiary/aromatic N) is 1. The molecule has 1 aliphatic rings. The van der Waals surface area contributed by atoms with E-state index in [1.54, 1.807) is 6.92 Å². The van der Waals surface area contributed by atoms with Gasteiger partial charge >= 0.3 is 5.97 Å². The minimum absolute atomic E-state index is 0.251. The van der Waals surface area contributed by atoms with Crippen LogP contribution in [0.2, 0.25) is 0 Å². The number of hydrogen-bond acceptors (Lipinski definition) is 5. The molecule has 1 aliphatic heterocycles. The van der Waals surface area contributed by atoms with E-state index in [-0.39, 0.29) is 12.3 Å². The predicted molar refractivity (Wildman–Crippen MR) is 101 cm³/mol. The average molecular weight is 374 g/mol. The van der Waals surface area contributed by atoms with Crippen molar-refractivity contribution in [1.29, 1.82) is 0 Å². The number of aliphatic carboxylic acids is 1. The first kappa shape index (κ1) is 20.8. The lowest BCUT2D eigenvalue weighted by atomic mass is 10.0. The van der Waals surface area contributed by atoms with Gasteiger partial charge in [-0.1, -0.05) is 30.3 Å². The number of ether oxygens (including phenoxy) is 1. The summed E-state index contributed by atoms with van der Waals surface area (Å²) in [6.07, 6.45) is 0.836. The molecule has 0 bridgehead atoms. The molecule has 1 aromatic carbocycles. The average Bonchev–Trinajstić information content (AvgIpc) is 3.16. The van der Waals surface area contributed by atoms with Gasteiger partial charge in [-0.2, -0.15) is 0 Å².